The lowest BCUT2D eigenvalue weighted by molar-refractivity contribution is 0.561. The van der Waals surface area contributed by atoms with Crippen LogP contribution in [-0.2, 0) is 4.79 Å². The Morgan fingerprint density at radius 2 is 2.29 bits per heavy atom. The molecule has 1 amide bonds. The fourth-order valence-corrected chi connectivity index (χ4v) is 1.13. The van der Waals surface area contributed by atoms with E-state index in [-0.39, 0.29) is 0 Å². The summed E-state index contributed by atoms with van der Waals surface area (Å²) in [6.07, 6.45) is 4.74. The SMILES string of the molecule is O=[C]Nc1cccc(-c2ccoc2)n1. The molecule has 0 fully saturated rings. The molecule has 2 aromatic heterocycles. The number of nitrogens with one attached hydrogen (secondary N) is 1. The molecule has 0 saturated heterocycles. The molecule has 4 heteroatoms. The van der Waals surface area contributed by atoms with Gasteiger partial charge in [-0.05, 0) is 18.2 Å². The van der Waals surface area contributed by atoms with Gasteiger partial charge >= 0.3 is 6.41 Å². The molecule has 0 atom stereocenters. The van der Waals surface area contributed by atoms with Gasteiger partial charge in [0.25, 0.3) is 0 Å². The molecular weight excluding hydrogens is 180 g/mol. The number of aromatic nitrogens is 1. The highest BCUT2D eigenvalue weighted by Gasteiger charge is 2.01. The van der Waals surface area contributed by atoms with Gasteiger partial charge in [-0.2, -0.15) is 0 Å². The molecule has 0 aliphatic carbocycles. The van der Waals surface area contributed by atoms with Crippen molar-refractivity contribution in [1.82, 2.24) is 4.98 Å². The maximum atomic E-state index is 10.1. The van der Waals surface area contributed by atoms with Crippen molar-refractivity contribution in [3.63, 3.8) is 0 Å². The van der Waals surface area contributed by atoms with Crippen molar-refractivity contribution >= 4 is 12.2 Å². The number of nitrogens with zero attached hydrogens (tertiary/aromatic N) is 1. The van der Waals surface area contributed by atoms with Crippen LogP contribution >= 0.6 is 0 Å². The van der Waals surface area contributed by atoms with Gasteiger partial charge in [0.1, 0.15) is 5.82 Å². The number of amides is 1. The normalized spacial score (nSPS) is 9.71. The van der Waals surface area contributed by atoms with Crippen LogP contribution in [0.1, 0.15) is 0 Å². The molecule has 0 saturated carbocycles. The summed E-state index contributed by atoms with van der Waals surface area (Å²) >= 11 is 0. The van der Waals surface area contributed by atoms with Crippen LogP contribution in [0.25, 0.3) is 11.3 Å². The quantitative estimate of drug-likeness (QED) is 0.745. The second-order valence-corrected chi connectivity index (χ2v) is 2.65. The van der Waals surface area contributed by atoms with E-state index in [2.05, 4.69) is 10.3 Å². The molecule has 14 heavy (non-hydrogen) atoms. The molecule has 0 spiro atoms. The summed E-state index contributed by atoms with van der Waals surface area (Å²) in [6.45, 7) is 0. The van der Waals surface area contributed by atoms with Crippen LogP contribution in [0.2, 0.25) is 0 Å². The van der Waals surface area contributed by atoms with Gasteiger partial charge < -0.3 is 9.73 Å². The molecule has 0 unspecified atom stereocenters. The van der Waals surface area contributed by atoms with Crippen molar-refractivity contribution in [3.05, 3.63) is 36.8 Å². The first kappa shape index (κ1) is 8.50. The van der Waals surface area contributed by atoms with Gasteiger partial charge in [0.15, 0.2) is 0 Å². The predicted octanol–water partition coefficient (Wildman–Crippen LogP) is 1.82. The second kappa shape index (κ2) is 3.74. The fourth-order valence-electron chi connectivity index (χ4n) is 1.13. The van der Waals surface area contributed by atoms with Gasteiger partial charge in [-0.25, -0.2) is 4.98 Å². The smallest absolute Gasteiger partial charge is 0.315 e. The van der Waals surface area contributed by atoms with E-state index in [0.717, 1.165) is 11.3 Å². The van der Waals surface area contributed by atoms with Crippen molar-refractivity contribution in [1.29, 1.82) is 0 Å². The van der Waals surface area contributed by atoms with Gasteiger partial charge in [-0.1, -0.05) is 6.07 Å². The van der Waals surface area contributed by atoms with Gasteiger partial charge in [0, 0.05) is 5.56 Å². The average molecular weight is 187 g/mol. The Morgan fingerprint density at radius 1 is 1.36 bits per heavy atom. The number of carbonyl (C=O) groups excluding carboxylic acids is 1. The summed E-state index contributed by atoms with van der Waals surface area (Å²) in [4.78, 5) is 14.2. The third kappa shape index (κ3) is 1.64. The van der Waals surface area contributed by atoms with Crippen molar-refractivity contribution in [2.45, 2.75) is 0 Å². The lowest BCUT2D eigenvalue weighted by Gasteiger charge is -1.99. The Bertz CT molecular complexity index is 423. The zero-order valence-electron chi connectivity index (χ0n) is 7.23. The topological polar surface area (TPSA) is 55.1 Å². The molecule has 4 nitrogen and oxygen atoms in total. The number of hydrogen-bond acceptors (Lipinski definition) is 3. The van der Waals surface area contributed by atoms with E-state index in [4.69, 9.17) is 4.42 Å². The molecule has 2 heterocycles. The molecule has 1 radical (unpaired) electrons. The highest BCUT2D eigenvalue weighted by atomic mass is 16.3. The van der Waals surface area contributed by atoms with Crippen LogP contribution in [0, 0.1) is 0 Å². The summed E-state index contributed by atoms with van der Waals surface area (Å²) in [7, 11) is 0. The van der Waals surface area contributed by atoms with Crippen LogP contribution in [0.3, 0.4) is 0 Å². The molecule has 2 aromatic rings. The van der Waals surface area contributed by atoms with Crippen LogP contribution < -0.4 is 5.32 Å². The summed E-state index contributed by atoms with van der Waals surface area (Å²) in [6, 6.07) is 7.13. The number of anilines is 1. The third-order valence-corrected chi connectivity index (χ3v) is 1.75. The highest BCUT2D eigenvalue weighted by Crippen LogP contribution is 2.18. The van der Waals surface area contributed by atoms with E-state index < -0.39 is 0 Å². The standard InChI is InChI=1S/C10H7N2O2/c13-7-11-10-3-1-2-9(12-10)8-4-5-14-6-8/h1-6H,(H,11,12,13). The molecule has 69 valence electrons. The minimum atomic E-state index is 0.471. The Kier molecular flexibility index (Phi) is 2.27. The lowest BCUT2D eigenvalue weighted by Crippen LogP contribution is -1.96. The second-order valence-electron chi connectivity index (χ2n) is 2.65. The van der Waals surface area contributed by atoms with Crippen LogP contribution in [0.4, 0.5) is 5.82 Å². The molecule has 2 rings (SSSR count). The van der Waals surface area contributed by atoms with E-state index in [1.165, 1.54) is 0 Å². The zero-order valence-corrected chi connectivity index (χ0v) is 7.23. The minimum absolute atomic E-state index is 0.471. The molecular formula is C10H7N2O2. The maximum absolute atomic E-state index is 10.1. The Labute approximate surface area is 80.6 Å². The summed E-state index contributed by atoms with van der Waals surface area (Å²) in [5.74, 6) is 0.471. The average Bonchev–Trinajstić information content (AvgIpc) is 2.71. The van der Waals surface area contributed by atoms with Crippen molar-refractivity contribution in [3.8, 4) is 11.3 Å². The first-order valence-electron chi connectivity index (χ1n) is 4.03. The Morgan fingerprint density at radius 3 is 3.00 bits per heavy atom. The van der Waals surface area contributed by atoms with E-state index in [0.29, 0.717) is 5.82 Å². The minimum Gasteiger partial charge on any atom is -0.472 e. The summed E-state index contributed by atoms with van der Waals surface area (Å²) < 4.78 is 4.93. The van der Waals surface area contributed by atoms with Crippen molar-refractivity contribution in [2.24, 2.45) is 0 Å². The lowest BCUT2D eigenvalue weighted by atomic mass is 10.2. The van der Waals surface area contributed by atoms with E-state index in [1.807, 2.05) is 6.07 Å². The number of furan rings is 1. The van der Waals surface area contributed by atoms with E-state index in [9.17, 15) is 4.79 Å². The maximum Gasteiger partial charge on any atom is 0.315 e. The first-order valence-corrected chi connectivity index (χ1v) is 4.03. The van der Waals surface area contributed by atoms with E-state index in [1.54, 1.807) is 37.1 Å². The van der Waals surface area contributed by atoms with Gasteiger partial charge in [-0.3, -0.25) is 4.79 Å². The number of hydrogen-bond donors (Lipinski definition) is 1. The van der Waals surface area contributed by atoms with Gasteiger partial charge in [-0.15, -0.1) is 0 Å². The molecule has 0 aliphatic rings. The van der Waals surface area contributed by atoms with Crippen LogP contribution in [0.5, 0.6) is 0 Å². The highest BCUT2D eigenvalue weighted by molar-refractivity contribution is 5.71. The fraction of sp³-hybridized carbons (Fsp3) is 0. The summed E-state index contributed by atoms with van der Waals surface area (Å²) in [5.41, 5.74) is 1.62. The molecule has 1 N–H and O–H groups in total. The number of pyridine rings is 1. The first-order chi connectivity index (χ1) is 6.90. The van der Waals surface area contributed by atoms with Crippen LogP contribution in [0.15, 0.2) is 41.2 Å². The van der Waals surface area contributed by atoms with Gasteiger partial charge in [0.2, 0.25) is 0 Å². The Balaban J connectivity index is 2.35. The largest absolute Gasteiger partial charge is 0.472 e. The van der Waals surface area contributed by atoms with Gasteiger partial charge in [0.05, 0.1) is 18.2 Å². The number of rotatable bonds is 3. The molecule has 0 aliphatic heterocycles. The Hall–Kier alpha value is -2.10. The molecule has 0 aromatic carbocycles. The van der Waals surface area contributed by atoms with E-state index >= 15 is 0 Å². The molecule has 0 bridgehead atoms. The zero-order chi connectivity index (χ0) is 9.80. The third-order valence-electron chi connectivity index (χ3n) is 1.75. The van der Waals surface area contributed by atoms with Crippen LogP contribution in [-0.4, -0.2) is 11.4 Å². The predicted molar refractivity (Wildman–Crippen MR) is 51.3 cm³/mol. The van der Waals surface area contributed by atoms with Crippen molar-refractivity contribution < 1.29 is 9.21 Å². The van der Waals surface area contributed by atoms with Crippen molar-refractivity contribution in [2.75, 3.05) is 5.32 Å². The summed E-state index contributed by atoms with van der Waals surface area (Å²) in [5, 5.41) is 2.36. The monoisotopic (exact) mass is 187 g/mol.